The van der Waals surface area contributed by atoms with Crippen molar-refractivity contribution in [3.05, 3.63) is 96.1 Å². The van der Waals surface area contributed by atoms with Crippen molar-refractivity contribution in [3.8, 4) is 0 Å². The van der Waals surface area contributed by atoms with Gasteiger partial charge in [0.05, 0.1) is 13.1 Å². The van der Waals surface area contributed by atoms with Crippen molar-refractivity contribution in [2.24, 2.45) is 0 Å². The molecule has 3 aromatic rings. The number of nitrogens with one attached hydrogen (secondary N) is 2. The third-order valence-corrected chi connectivity index (χ3v) is 7.55. The van der Waals surface area contributed by atoms with Crippen LogP contribution in [-0.4, -0.2) is 109 Å². The van der Waals surface area contributed by atoms with Crippen LogP contribution in [0.15, 0.2) is 84.9 Å². The van der Waals surface area contributed by atoms with Gasteiger partial charge in [-0.3, -0.25) is 29.0 Å². The van der Waals surface area contributed by atoms with Gasteiger partial charge in [-0.1, -0.05) is 36.4 Å². The molecule has 2 saturated heterocycles. The van der Waals surface area contributed by atoms with E-state index in [1.807, 2.05) is 80.3 Å². The molecule has 0 unspecified atom stereocenters. The van der Waals surface area contributed by atoms with Crippen LogP contribution in [0.5, 0.6) is 0 Å². The molecule has 0 saturated carbocycles. The molecule has 2 heterocycles. The Bertz CT molecular complexity index is 1260. The van der Waals surface area contributed by atoms with E-state index in [0.29, 0.717) is 74.9 Å². The van der Waals surface area contributed by atoms with Gasteiger partial charge in [-0.15, -0.1) is 0 Å². The van der Waals surface area contributed by atoms with Gasteiger partial charge in [0.1, 0.15) is 0 Å². The standard InChI is InChI=1S/C32H36N6O4/c39-29(23-35-15-19-37(20-16-35)31(41)25-7-3-1-4-8-25)33-27-11-13-28(14-12-27)34-30(40)24-36-17-21-38(22-18-36)32(42)26-9-5-2-6-10-26/h1-14H,15-24H2,(H,33,39)(H,34,40). The van der Waals surface area contributed by atoms with Crippen LogP contribution in [0, 0.1) is 0 Å². The molecule has 0 aromatic heterocycles. The molecule has 2 aliphatic heterocycles. The molecular formula is C32H36N6O4. The summed E-state index contributed by atoms with van der Waals surface area (Å²) in [6, 6.07) is 25.5. The van der Waals surface area contributed by atoms with E-state index >= 15 is 0 Å². The Morgan fingerprint density at radius 1 is 0.476 bits per heavy atom. The molecule has 218 valence electrons. The first-order valence-corrected chi connectivity index (χ1v) is 14.3. The Hall–Kier alpha value is -4.54. The normalized spacial score (nSPS) is 16.1. The lowest BCUT2D eigenvalue weighted by molar-refractivity contribution is -0.118. The van der Waals surface area contributed by atoms with E-state index in [2.05, 4.69) is 10.6 Å². The van der Waals surface area contributed by atoms with Gasteiger partial charge in [-0.2, -0.15) is 0 Å². The number of carbonyl (C=O) groups is 4. The topological polar surface area (TPSA) is 105 Å². The summed E-state index contributed by atoms with van der Waals surface area (Å²) >= 11 is 0. The van der Waals surface area contributed by atoms with Gasteiger partial charge in [-0.05, 0) is 48.5 Å². The fourth-order valence-corrected chi connectivity index (χ4v) is 5.19. The maximum atomic E-state index is 12.6. The average molecular weight is 569 g/mol. The van der Waals surface area contributed by atoms with Crippen LogP contribution in [0.3, 0.4) is 0 Å². The predicted molar refractivity (Wildman–Crippen MR) is 161 cm³/mol. The summed E-state index contributed by atoms with van der Waals surface area (Å²) in [5, 5.41) is 5.81. The van der Waals surface area contributed by atoms with Crippen molar-refractivity contribution >= 4 is 35.0 Å². The third-order valence-electron chi connectivity index (χ3n) is 7.55. The maximum Gasteiger partial charge on any atom is 0.253 e. The van der Waals surface area contributed by atoms with E-state index in [1.165, 1.54) is 0 Å². The lowest BCUT2D eigenvalue weighted by Crippen LogP contribution is -2.50. The molecule has 2 fully saturated rings. The number of benzene rings is 3. The van der Waals surface area contributed by atoms with E-state index in [0.717, 1.165) is 0 Å². The monoisotopic (exact) mass is 568 g/mol. The maximum absolute atomic E-state index is 12.6. The Balaban J connectivity index is 0.999. The number of hydrogen-bond donors (Lipinski definition) is 2. The van der Waals surface area contributed by atoms with E-state index in [9.17, 15) is 19.2 Å². The highest BCUT2D eigenvalue weighted by Gasteiger charge is 2.24. The zero-order valence-corrected chi connectivity index (χ0v) is 23.6. The second kappa shape index (κ2) is 13.9. The molecule has 2 N–H and O–H groups in total. The second-order valence-electron chi connectivity index (χ2n) is 10.5. The number of anilines is 2. The summed E-state index contributed by atoms with van der Waals surface area (Å²) in [5.74, 6) is -0.214. The van der Waals surface area contributed by atoms with E-state index in [1.54, 1.807) is 24.3 Å². The molecular weight excluding hydrogens is 532 g/mol. The number of piperazine rings is 2. The molecule has 0 radical (unpaired) electrons. The minimum atomic E-state index is -0.125. The first-order chi connectivity index (χ1) is 20.4. The zero-order chi connectivity index (χ0) is 29.3. The van der Waals surface area contributed by atoms with Crippen molar-refractivity contribution in [2.45, 2.75) is 0 Å². The van der Waals surface area contributed by atoms with Gasteiger partial charge in [0.2, 0.25) is 11.8 Å². The van der Waals surface area contributed by atoms with Gasteiger partial charge in [0.25, 0.3) is 11.8 Å². The minimum absolute atomic E-state index is 0.0183. The van der Waals surface area contributed by atoms with Crippen LogP contribution in [0.25, 0.3) is 0 Å². The lowest BCUT2D eigenvalue weighted by Gasteiger charge is -2.34. The van der Waals surface area contributed by atoms with Crippen LogP contribution in [0.1, 0.15) is 20.7 Å². The molecule has 0 bridgehead atoms. The Morgan fingerprint density at radius 2 is 0.810 bits per heavy atom. The summed E-state index contributed by atoms with van der Waals surface area (Å²) in [7, 11) is 0. The summed E-state index contributed by atoms with van der Waals surface area (Å²) in [5.41, 5.74) is 2.65. The summed E-state index contributed by atoms with van der Waals surface area (Å²) in [4.78, 5) is 58.2. The van der Waals surface area contributed by atoms with Crippen molar-refractivity contribution in [2.75, 3.05) is 76.1 Å². The van der Waals surface area contributed by atoms with E-state index < -0.39 is 0 Å². The molecule has 10 nitrogen and oxygen atoms in total. The van der Waals surface area contributed by atoms with Gasteiger partial charge in [-0.25, -0.2) is 0 Å². The second-order valence-corrected chi connectivity index (χ2v) is 10.5. The first-order valence-electron chi connectivity index (χ1n) is 14.3. The number of rotatable bonds is 8. The third kappa shape index (κ3) is 7.80. The summed E-state index contributed by atoms with van der Waals surface area (Å²) < 4.78 is 0. The fourth-order valence-electron chi connectivity index (χ4n) is 5.19. The highest BCUT2D eigenvalue weighted by atomic mass is 16.2. The molecule has 10 heteroatoms. The van der Waals surface area contributed by atoms with Gasteiger partial charge >= 0.3 is 0 Å². The van der Waals surface area contributed by atoms with Gasteiger partial charge < -0.3 is 20.4 Å². The minimum Gasteiger partial charge on any atom is -0.336 e. The van der Waals surface area contributed by atoms with Crippen molar-refractivity contribution in [1.82, 2.24) is 19.6 Å². The Labute approximate surface area is 245 Å². The molecule has 0 atom stereocenters. The van der Waals surface area contributed by atoms with Crippen LogP contribution in [-0.2, 0) is 9.59 Å². The molecule has 0 aliphatic carbocycles. The summed E-state index contributed by atoms with van der Waals surface area (Å²) in [6.45, 7) is 5.35. The average Bonchev–Trinajstić information content (AvgIpc) is 3.03. The number of nitrogens with zero attached hydrogens (tertiary/aromatic N) is 4. The quantitative estimate of drug-likeness (QED) is 0.433. The van der Waals surface area contributed by atoms with Crippen molar-refractivity contribution < 1.29 is 19.2 Å². The van der Waals surface area contributed by atoms with Crippen LogP contribution >= 0.6 is 0 Å². The Morgan fingerprint density at radius 3 is 1.14 bits per heavy atom. The number of amides is 4. The van der Waals surface area contributed by atoms with Crippen molar-refractivity contribution in [1.29, 1.82) is 0 Å². The largest absolute Gasteiger partial charge is 0.336 e. The number of carbonyl (C=O) groups excluding carboxylic acids is 4. The highest BCUT2D eigenvalue weighted by Crippen LogP contribution is 2.15. The smallest absolute Gasteiger partial charge is 0.253 e. The molecule has 2 aliphatic rings. The molecule has 4 amide bonds. The SMILES string of the molecule is O=C(CN1CCN(C(=O)c2ccccc2)CC1)Nc1ccc(NC(=O)CN2CCN(C(=O)c3ccccc3)CC2)cc1. The number of hydrogen-bond acceptors (Lipinski definition) is 6. The van der Waals surface area contributed by atoms with Crippen LogP contribution in [0.4, 0.5) is 11.4 Å². The fraction of sp³-hybridized carbons (Fsp3) is 0.312. The molecule has 5 rings (SSSR count). The van der Waals surface area contributed by atoms with E-state index in [4.69, 9.17) is 0 Å². The highest BCUT2D eigenvalue weighted by molar-refractivity contribution is 5.96. The van der Waals surface area contributed by atoms with Gasteiger partial charge in [0, 0.05) is 74.9 Å². The lowest BCUT2D eigenvalue weighted by atomic mass is 10.2. The molecule has 3 aromatic carbocycles. The summed E-state index contributed by atoms with van der Waals surface area (Å²) in [6.07, 6.45) is 0. The predicted octanol–water partition coefficient (Wildman–Crippen LogP) is 2.48. The van der Waals surface area contributed by atoms with Gasteiger partial charge in [0.15, 0.2) is 0 Å². The van der Waals surface area contributed by atoms with Crippen LogP contribution in [0.2, 0.25) is 0 Å². The first kappa shape index (κ1) is 29.0. The molecule has 42 heavy (non-hydrogen) atoms. The Kier molecular flexibility index (Phi) is 9.58. The van der Waals surface area contributed by atoms with Crippen LogP contribution < -0.4 is 10.6 Å². The van der Waals surface area contributed by atoms with E-state index in [-0.39, 0.29) is 36.7 Å². The molecule has 0 spiro atoms. The zero-order valence-electron chi connectivity index (χ0n) is 23.6. The van der Waals surface area contributed by atoms with Crippen molar-refractivity contribution in [3.63, 3.8) is 0 Å².